The van der Waals surface area contributed by atoms with E-state index in [9.17, 15) is 17.2 Å². The Morgan fingerprint density at radius 2 is 1.83 bits per heavy atom. The van der Waals surface area contributed by atoms with Gasteiger partial charge in [-0.3, -0.25) is 0 Å². The molecule has 3 aromatic rings. The van der Waals surface area contributed by atoms with Crippen molar-refractivity contribution >= 4 is 21.4 Å². The molecule has 1 aromatic carbocycles. The summed E-state index contributed by atoms with van der Waals surface area (Å²) in [5.41, 5.74) is -0.107. The lowest BCUT2D eigenvalue weighted by molar-refractivity contribution is 0.261. The molecule has 3 rings (SSSR count). The maximum Gasteiger partial charge on any atom is 0.243 e. The summed E-state index contributed by atoms with van der Waals surface area (Å²) in [7, 11) is -3.66. The van der Waals surface area contributed by atoms with Gasteiger partial charge >= 0.3 is 0 Å². The smallest absolute Gasteiger partial charge is 0.243 e. The van der Waals surface area contributed by atoms with Gasteiger partial charge in [0.25, 0.3) is 0 Å². The van der Waals surface area contributed by atoms with Crippen LogP contribution in [-0.2, 0) is 9.84 Å². The number of halogens is 3. The molecule has 0 aliphatic heterocycles. The topological polar surface area (TPSA) is 97.8 Å². The molecule has 0 spiro atoms. The molecular formula is C18H17ClF2N4O3S. The average Bonchev–Trinajstić information content (AvgIpc) is 3.12. The Kier molecular flexibility index (Phi) is 5.85. The molecule has 0 saturated carbocycles. The van der Waals surface area contributed by atoms with Gasteiger partial charge in [-0.1, -0.05) is 25.4 Å². The summed E-state index contributed by atoms with van der Waals surface area (Å²) in [6, 6.07) is 3.26. The van der Waals surface area contributed by atoms with Crippen LogP contribution in [0.4, 0.5) is 8.78 Å². The predicted octanol–water partition coefficient (Wildman–Crippen LogP) is 3.90. The fraction of sp³-hybridized carbons (Fsp3) is 0.278. The van der Waals surface area contributed by atoms with Gasteiger partial charge in [0.15, 0.2) is 5.82 Å². The first-order valence-corrected chi connectivity index (χ1v) is 10.7. The predicted molar refractivity (Wildman–Crippen MR) is 103 cm³/mol. The van der Waals surface area contributed by atoms with Gasteiger partial charge in [0.2, 0.25) is 20.9 Å². The second-order valence-electron chi connectivity index (χ2n) is 6.76. The second kappa shape index (κ2) is 8.03. The van der Waals surface area contributed by atoms with Crippen molar-refractivity contribution in [3.05, 3.63) is 41.1 Å². The van der Waals surface area contributed by atoms with Crippen LogP contribution in [0.25, 0.3) is 22.5 Å². The number of hydrogen-bond acceptors (Lipinski definition) is 6. The van der Waals surface area contributed by atoms with Crippen LogP contribution >= 0.6 is 11.6 Å². The van der Waals surface area contributed by atoms with Gasteiger partial charge in [0.1, 0.15) is 16.7 Å². The molecule has 0 aliphatic rings. The average molecular weight is 443 g/mol. The van der Waals surface area contributed by atoms with Crippen molar-refractivity contribution in [2.24, 2.45) is 5.92 Å². The zero-order valence-corrected chi connectivity index (χ0v) is 17.3. The van der Waals surface area contributed by atoms with Crippen LogP contribution in [0.2, 0.25) is 5.02 Å². The fourth-order valence-electron chi connectivity index (χ4n) is 2.40. The van der Waals surface area contributed by atoms with Crippen LogP contribution < -0.4 is 4.74 Å². The Bertz CT molecular complexity index is 1170. The number of aromatic amines is 1. The monoisotopic (exact) mass is 442 g/mol. The number of sulfone groups is 1. The van der Waals surface area contributed by atoms with Crippen molar-refractivity contribution in [1.82, 2.24) is 20.2 Å². The summed E-state index contributed by atoms with van der Waals surface area (Å²) in [6.45, 7) is 4.35. The minimum atomic E-state index is -3.66. The van der Waals surface area contributed by atoms with Crippen LogP contribution in [-0.4, -0.2) is 41.4 Å². The molecule has 0 saturated heterocycles. The molecular weight excluding hydrogens is 426 g/mol. The molecule has 11 heteroatoms. The number of benzene rings is 1. The van der Waals surface area contributed by atoms with E-state index < -0.39 is 26.6 Å². The fourth-order valence-corrected chi connectivity index (χ4v) is 3.08. The molecule has 2 heterocycles. The SMILES string of the molecule is CC(C)COc1ncc(-c2cc(F)c(-c3n[nH]c(S(C)(=O)=O)n3)cc2F)cc1Cl. The second-order valence-corrected chi connectivity index (χ2v) is 9.10. The third kappa shape index (κ3) is 4.70. The number of nitrogens with one attached hydrogen (secondary N) is 1. The van der Waals surface area contributed by atoms with E-state index in [2.05, 4.69) is 20.2 Å². The van der Waals surface area contributed by atoms with Crippen LogP contribution in [0.5, 0.6) is 5.88 Å². The third-order valence-corrected chi connectivity index (χ3v) is 4.94. The Hall–Kier alpha value is -2.59. The van der Waals surface area contributed by atoms with Gasteiger partial charge in [0.05, 0.1) is 12.2 Å². The van der Waals surface area contributed by atoms with Crippen LogP contribution in [0.15, 0.2) is 29.6 Å². The zero-order chi connectivity index (χ0) is 21.3. The van der Waals surface area contributed by atoms with Crippen molar-refractivity contribution in [1.29, 1.82) is 0 Å². The van der Waals surface area contributed by atoms with E-state index in [1.807, 2.05) is 13.8 Å². The van der Waals surface area contributed by atoms with Crippen LogP contribution in [0, 0.1) is 17.6 Å². The molecule has 1 N–H and O–H groups in total. The first-order valence-electron chi connectivity index (χ1n) is 8.47. The lowest BCUT2D eigenvalue weighted by Crippen LogP contribution is -2.06. The number of aromatic nitrogens is 4. The normalized spacial score (nSPS) is 11.8. The molecule has 7 nitrogen and oxygen atoms in total. The molecule has 0 radical (unpaired) electrons. The first-order chi connectivity index (χ1) is 13.6. The van der Waals surface area contributed by atoms with Crippen molar-refractivity contribution in [3.63, 3.8) is 0 Å². The lowest BCUT2D eigenvalue weighted by atomic mass is 10.0. The maximum atomic E-state index is 14.7. The number of H-pyrrole nitrogens is 1. The van der Waals surface area contributed by atoms with Gasteiger partial charge in [-0.25, -0.2) is 27.3 Å². The van der Waals surface area contributed by atoms with Crippen LogP contribution in [0.3, 0.4) is 0 Å². The zero-order valence-electron chi connectivity index (χ0n) is 15.7. The quantitative estimate of drug-likeness (QED) is 0.621. The lowest BCUT2D eigenvalue weighted by Gasteiger charge is -2.11. The van der Waals surface area contributed by atoms with E-state index >= 15 is 0 Å². The number of rotatable bonds is 6. The van der Waals surface area contributed by atoms with E-state index in [0.717, 1.165) is 18.4 Å². The summed E-state index contributed by atoms with van der Waals surface area (Å²) in [6.07, 6.45) is 2.25. The Morgan fingerprint density at radius 3 is 2.41 bits per heavy atom. The van der Waals surface area contributed by atoms with Crippen molar-refractivity contribution in [2.45, 2.75) is 19.0 Å². The van der Waals surface area contributed by atoms with Gasteiger partial charge in [-0.15, -0.1) is 0 Å². The summed E-state index contributed by atoms with van der Waals surface area (Å²) in [5, 5.41) is 5.56. The van der Waals surface area contributed by atoms with Gasteiger partial charge in [0, 0.05) is 23.6 Å². The summed E-state index contributed by atoms with van der Waals surface area (Å²) >= 11 is 6.14. The molecule has 2 aromatic heterocycles. The minimum absolute atomic E-state index is 0.0741. The highest BCUT2D eigenvalue weighted by atomic mass is 35.5. The molecule has 29 heavy (non-hydrogen) atoms. The minimum Gasteiger partial charge on any atom is -0.476 e. The van der Waals surface area contributed by atoms with Crippen molar-refractivity contribution in [3.8, 4) is 28.4 Å². The summed E-state index contributed by atoms with van der Waals surface area (Å²) in [5.74, 6) is -1.42. The summed E-state index contributed by atoms with van der Waals surface area (Å²) in [4.78, 5) is 7.77. The van der Waals surface area contributed by atoms with Crippen molar-refractivity contribution < 1.29 is 21.9 Å². The Labute approximate surface area is 171 Å². The van der Waals surface area contributed by atoms with Gasteiger partial charge in [-0.05, 0) is 24.1 Å². The van der Waals surface area contributed by atoms with E-state index in [0.29, 0.717) is 6.61 Å². The largest absolute Gasteiger partial charge is 0.476 e. The molecule has 0 amide bonds. The standard InChI is InChI=1S/C18H17ClF2N4O3S/c1-9(2)8-28-17-13(19)4-10(7-22-17)11-5-15(21)12(6-14(11)20)16-23-18(25-24-16)29(3,26)27/h4-7,9H,8H2,1-3H3,(H,23,24,25). The highest BCUT2D eigenvalue weighted by Crippen LogP contribution is 2.33. The van der Waals surface area contributed by atoms with Gasteiger partial charge in [-0.2, -0.15) is 10.1 Å². The molecule has 0 aliphatic carbocycles. The number of hydrogen-bond donors (Lipinski definition) is 1. The van der Waals surface area contributed by atoms with E-state index in [1.54, 1.807) is 0 Å². The van der Waals surface area contributed by atoms with E-state index in [1.165, 1.54) is 12.3 Å². The van der Waals surface area contributed by atoms with E-state index in [4.69, 9.17) is 16.3 Å². The number of pyridine rings is 1. The number of nitrogens with zero attached hydrogens (tertiary/aromatic N) is 3. The molecule has 0 bridgehead atoms. The van der Waals surface area contributed by atoms with E-state index in [-0.39, 0.29) is 39.3 Å². The third-order valence-electron chi connectivity index (χ3n) is 3.79. The Morgan fingerprint density at radius 1 is 1.17 bits per heavy atom. The maximum absolute atomic E-state index is 14.7. The number of ether oxygens (including phenoxy) is 1. The first kappa shape index (κ1) is 21.1. The van der Waals surface area contributed by atoms with Crippen LogP contribution in [0.1, 0.15) is 13.8 Å². The van der Waals surface area contributed by atoms with Gasteiger partial charge < -0.3 is 4.74 Å². The molecule has 154 valence electrons. The Balaban J connectivity index is 1.96. The molecule has 0 unspecified atom stereocenters. The summed E-state index contributed by atoms with van der Waals surface area (Å²) < 4.78 is 57.7. The molecule has 0 fully saturated rings. The highest BCUT2D eigenvalue weighted by molar-refractivity contribution is 7.90. The van der Waals surface area contributed by atoms with Crippen molar-refractivity contribution in [2.75, 3.05) is 12.9 Å². The highest BCUT2D eigenvalue weighted by Gasteiger charge is 2.20. The molecule has 0 atom stereocenters.